The van der Waals surface area contributed by atoms with Crippen LogP contribution in [0.2, 0.25) is 0 Å². The van der Waals surface area contributed by atoms with Crippen molar-refractivity contribution in [1.29, 1.82) is 0 Å². The maximum Gasteiger partial charge on any atom is 0.194 e. The second kappa shape index (κ2) is 11.7. The molecule has 0 aliphatic carbocycles. The fraction of sp³-hybridized carbons (Fsp3) is 0.591. The van der Waals surface area contributed by atoms with Crippen LogP contribution in [-0.2, 0) is 29.6 Å². The van der Waals surface area contributed by atoms with Gasteiger partial charge in [0.05, 0.1) is 19.2 Å². The minimum atomic E-state index is 0.315. The number of ether oxygens (including phenoxy) is 2. The molecular weight excluding hydrogens is 380 g/mol. The number of rotatable bonds is 9. The van der Waals surface area contributed by atoms with Gasteiger partial charge in [0.15, 0.2) is 11.8 Å². The average molecular weight is 415 g/mol. The average Bonchev–Trinajstić information content (AvgIpc) is 3.10. The van der Waals surface area contributed by atoms with Gasteiger partial charge in [-0.15, -0.1) is 10.2 Å². The largest absolute Gasteiger partial charge is 0.385 e. The number of piperidine rings is 1. The van der Waals surface area contributed by atoms with E-state index in [0.29, 0.717) is 19.2 Å². The molecule has 164 valence electrons. The Kier molecular flexibility index (Phi) is 8.65. The minimum Gasteiger partial charge on any atom is -0.385 e. The Morgan fingerprint density at radius 3 is 2.60 bits per heavy atom. The number of aryl methyl sites for hydroxylation is 1. The van der Waals surface area contributed by atoms with Crippen molar-refractivity contribution in [3.8, 4) is 0 Å². The highest BCUT2D eigenvalue weighted by molar-refractivity contribution is 5.80. The van der Waals surface area contributed by atoms with Crippen LogP contribution in [0.25, 0.3) is 0 Å². The first-order chi connectivity index (χ1) is 14.7. The van der Waals surface area contributed by atoms with Gasteiger partial charge in [-0.25, -0.2) is 4.99 Å². The Labute approximate surface area is 179 Å². The smallest absolute Gasteiger partial charge is 0.194 e. The third-order valence-corrected chi connectivity index (χ3v) is 5.43. The van der Waals surface area contributed by atoms with Gasteiger partial charge >= 0.3 is 0 Å². The maximum absolute atomic E-state index is 6.00. The fourth-order valence-corrected chi connectivity index (χ4v) is 3.47. The monoisotopic (exact) mass is 414 g/mol. The molecule has 0 spiro atoms. The van der Waals surface area contributed by atoms with Crippen LogP contribution in [0.1, 0.15) is 36.5 Å². The van der Waals surface area contributed by atoms with Crippen LogP contribution in [0.5, 0.6) is 0 Å². The van der Waals surface area contributed by atoms with Gasteiger partial charge in [0.2, 0.25) is 0 Å². The molecule has 1 saturated heterocycles. The SMILES string of the molecule is COCCCOC1CCN(C(=NCc2ccccc2)NCc2nnc(C)n2C)CC1. The fourth-order valence-electron chi connectivity index (χ4n) is 3.47. The summed E-state index contributed by atoms with van der Waals surface area (Å²) in [5.74, 6) is 2.72. The van der Waals surface area contributed by atoms with Crippen molar-refractivity contribution >= 4 is 5.96 Å². The van der Waals surface area contributed by atoms with E-state index in [2.05, 4.69) is 32.5 Å². The van der Waals surface area contributed by atoms with Crippen LogP contribution in [0, 0.1) is 6.92 Å². The van der Waals surface area contributed by atoms with Crippen LogP contribution in [0.15, 0.2) is 35.3 Å². The minimum absolute atomic E-state index is 0.315. The van der Waals surface area contributed by atoms with E-state index in [9.17, 15) is 0 Å². The molecule has 0 atom stereocenters. The lowest BCUT2D eigenvalue weighted by Crippen LogP contribution is -2.47. The summed E-state index contributed by atoms with van der Waals surface area (Å²) >= 11 is 0. The molecule has 0 saturated carbocycles. The number of methoxy groups -OCH3 is 1. The van der Waals surface area contributed by atoms with Gasteiger partial charge in [-0.3, -0.25) is 0 Å². The predicted octanol–water partition coefficient (Wildman–Crippen LogP) is 2.29. The van der Waals surface area contributed by atoms with E-state index in [1.54, 1.807) is 7.11 Å². The Bertz CT molecular complexity index is 784. The number of aliphatic imine (C=N–C) groups is 1. The Hall–Kier alpha value is -2.45. The van der Waals surface area contributed by atoms with E-state index >= 15 is 0 Å². The maximum atomic E-state index is 6.00. The van der Waals surface area contributed by atoms with Crippen molar-refractivity contribution in [3.05, 3.63) is 47.5 Å². The normalized spacial score (nSPS) is 15.6. The van der Waals surface area contributed by atoms with E-state index in [4.69, 9.17) is 14.5 Å². The number of benzene rings is 1. The number of hydrogen-bond donors (Lipinski definition) is 1. The summed E-state index contributed by atoms with van der Waals surface area (Å²) in [4.78, 5) is 7.22. The number of nitrogens with one attached hydrogen (secondary N) is 1. The van der Waals surface area contributed by atoms with E-state index in [1.165, 1.54) is 5.56 Å². The van der Waals surface area contributed by atoms with Gasteiger partial charge < -0.3 is 24.3 Å². The molecular formula is C22H34N6O2. The Morgan fingerprint density at radius 1 is 1.17 bits per heavy atom. The third kappa shape index (κ3) is 6.53. The second-order valence-corrected chi connectivity index (χ2v) is 7.60. The summed E-state index contributed by atoms with van der Waals surface area (Å²) < 4.78 is 13.1. The third-order valence-electron chi connectivity index (χ3n) is 5.43. The molecule has 0 unspecified atom stereocenters. The molecule has 1 aromatic heterocycles. The van der Waals surface area contributed by atoms with E-state index in [-0.39, 0.29) is 0 Å². The highest BCUT2D eigenvalue weighted by Gasteiger charge is 2.22. The van der Waals surface area contributed by atoms with Crippen LogP contribution in [0.4, 0.5) is 0 Å². The topological polar surface area (TPSA) is 76.8 Å². The van der Waals surface area contributed by atoms with E-state index < -0.39 is 0 Å². The van der Waals surface area contributed by atoms with Crippen molar-refractivity contribution < 1.29 is 9.47 Å². The van der Waals surface area contributed by atoms with Crippen LogP contribution >= 0.6 is 0 Å². The molecule has 2 aromatic rings. The molecule has 1 aliphatic heterocycles. The highest BCUT2D eigenvalue weighted by atomic mass is 16.5. The zero-order chi connectivity index (χ0) is 21.2. The second-order valence-electron chi connectivity index (χ2n) is 7.60. The number of nitrogens with zero attached hydrogens (tertiary/aromatic N) is 5. The first kappa shape index (κ1) is 22.2. The molecule has 1 fully saturated rings. The summed E-state index contributed by atoms with van der Waals surface area (Å²) in [5, 5.41) is 11.9. The summed E-state index contributed by atoms with van der Waals surface area (Å²) in [6.07, 6.45) is 3.26. The molecule has 0 bridgehead atoms. The quantitative estimate of drug-likeness (QED) is 0.385. The first-order valence-electron chi connectivity index (χ1n) is 10.7. The Morgan fingerprint density at radius 2 is 1.93 bits per heavy atom. The lowest BCUT2D eigenvalue weighted by atomic mass is 10.1. The number of aromatic nitrogens is 3. The molecule has 2 heterocycles. The molecule has 8 nitrogen and oxygen atoms in total. The highest BCUT2D eigenvalue weighted by Crippen LogP contribution is 2.15. The first-order valence-corrected chi connectivity index (χ1v) is 10.7. The van der Waals surface area contributed by atoms with Crippen molar-refractivity contribution in [1.82, 2.24) is 25.0 Å². The number of likely N-dealkylation sites (tertiary alicyclic amines) is 1. The van der Waals surface area contributed by atoms with Crippen molar-refractivity contribution in [2.24, 2.45) is 12.0 Å². The van der Waals surface area contributed by atoms with Gasteiger partial charge in [0, 0.05) is 40.5 Å². The van der Waals surface area contributed by atoms with Gasteiger partial charge in [-0.2, -0.15) is 0 Å². The molecule has 0 amide bonds. The lowest BCUT2D eigenvalue weighted by molar-refractivity contribution is 0.00986. The summed E-state index contributed by atoms with van der Waals surface area (Å²) in [6, 6.07) is 10.3. The van der Waals surface area contributed by atoms with Gasteiger partial charge in [0.1, 0.15) is 5.82 Å². The van der Waals surface area contributed by atoms with E-state index in [0.717, 1.165) is 63.2 Å². The van der Waals surface area contributed by atoms with E-state index in [1.807, 2.05) is 36.7 Å². The lowest BCUT2D eigenvalue weighted by Gasteiger charge is -2.34. The summed E-state index contributed by atoms with van der Waals surface area (Å²) in [6.45, 7) is 6.56. The molecule has 8 heteroatoms. The van der Waals surface area contributed by atoms with Gasteiger partial charge in [-0.05, 0) is 31.7 Å². The van der Waals surface area contributed by atoms with Gasteiger partial charge in [0.25, 0.3) is 0 Å². The predicted molar refractivity (Wildman–Crippen MR) is 117 cm³/mol. The molecule has 0 radical (unpaired) electrons. The van der Waals surface area contributed by atoms with Crippen molar-refractivity contribution in [2.75, 3.05) is 33.4 Å². The van der Waals surface area contributed by atoms with Gasteiger partial charge in [-0.1, -0.05) is 30.3 Å². The molecule has 3 rings (SSSR count). The molecule has 1 aliphatic rings. The zero-order valence-corrected chi connectivity index (χ0v) is 18.4. The van der Waals surface area contributed by atoms with Crippen LogP contribution in [0.3, 0.4) is 0 Å². The molecule has 1 aromatic carbocycles. The standard InChI is InChI=1S/C22H34N6O2/c1-18-25-26-21(27(18)2)17-24-22(23-16-19-8-5-4-6-9-19)28-12-10-20(11-13-28)30-15-7-14-29-3/h4-6,8-9,20H,7,10-17H2,1-3H3,(H,23,24). The summed E-state index contributed by atoms with van der Waals surface area (Å²) in [5.41, 5.74) is 1.20. The summed E-state index contributed by atoms with van der Waals surface area (Å²) in [7, 11) is 3.71. The zero-order valence-electron chi connectivity index (χ0n) is 18.4. The Balaban J connectivity index is 1.59. The molecule has 1 N–H and O–H groups in total. The van der Waals surface area contributed by atoms with Crippen molar-refractivity contribution in [2.45, 2.75) is 45.4 Å². The van der Waals surface area contributed by atoms with Crippen LogP contribution in [-0.4, -0.2) is 65.1 Å². The number of hydrogen-bond acceptors (Lipinski definition) is 5. The van der Waals surface area contributed by atoms with Crippen molar-refractivity contribution in [3.63, 3.8) is 0 Å². The van der Waals surface area contributed by atoms with Crippen LogP contribution < -0.4 is 5.32 Å². The number of guanidine groups is 1. The molecule has 30 heavy (non-hydrogen) atoms.